The van der Waals surface area contributed by atoms with Crippen LogP contribution in [0, 0.1) is 0 Å². The van der Waals surface area contributed by atoms with Crippen molar-refractivity contribution in [2.24, 2.45) is 0 Å². The molecule has 2 aromatic heterocycles. The predicted molar refractivity (Wildman–Crippen MR) is 75.8 cm³/mol. The average Bonchev–Trinajstić information content (AvgIpc) is 3.08. The molecular formula is C12H10ClN5S. The van der Waals surface area contributed by atoms with Crippen molar-refractivity contribution in [2.75, 3.05) is 5.32 Å². The van der Waals surface area contributed by atoms with Crippen molar-refractivity contribution in [1.29, 1.82) is 0 Å². The minimum absolute atomic E-state index is 0.656. The van der Waals surface area contributed by atoms with E-state index >= 15 is 0 Å². The molecule has 0 aliphatic heterocycles. The zero-order valence-corrected chi connectivity index (χ0v) is 11.4. The van der Waals surface area contributed by atoms with Crippen molar-refractivity contribution in [1.82, 2.24) is 19.7 Å². The van der Waals surface area contributed by atoms with Crippen molar-refractivity contribution in [3.8, 4) is 5.69 Å². The maximum atomic E-state index is 5.85. The number of nitrogens with zero attached hydrogens (tertiary/aromatic N) is 4. The average molecular weight is 292 g/mol. The van der Waals surface area contributed by atoms with Gasteiger partial charge in [0.05, 0.1) is 18.4 Å². The van der Waals surface area contributed by atoms with Gasteiger partial charge in [0, 0.05) is 5.69 Å². The summed E-state index contributed by atoms with van der Waals surface area (Å²) in [7, 11) is 0. The summed E-state index contributed by atoms with van der Waals surface area (Å²) in [5, 5.41) is 11.9. The maximum absolute atomic E-state index is 5.85. The van der Waals surface area contributed by atoms with E-state index in [0.29, 0.717) is 10.9 Å². The van der Waals surface area contributed by atoms with Gasteiger partial charge in [-0.3, -0.25) is 4.57 Å². The van der Waals surface area contributed by atoms with E-state index < -0.39 is 0 Å². The summed E-state index contributed by atoms with van der Waals surface area (Å²) in [4.78, 5) is 4.20. The quantitative estimate of drug-likeness (QED) is 0.803. The first-order chi connectivity index (χ1) is 9.31. The Morgan fingerprint density at radius 3 is 2.84 bits per heavy atom. The molecule has 0 aliphatic carbocycles. The van der Waals surface area contributed by atoms with Gasteiger partial charge in [-0.15, -0.1) is 21.5 Å². The Kier molecular flexibility index (Phi) is 3.43. The molecule has 1 aromatic carbocycles. The fourth-order valence-electron chi connectivity index (χ4n) is 1.66. The van der Waals surface area contributed by atoms with Gasteiger partial charge in [-0.1, -0.05) is 17.7 Å². The van der Waals surface area contributed by atoms with Gasteiger partial charge >= 0.3 is 0 Å². The minimum atomic E-state index is 0.656. The number of nitrogens with one attached hydrogen (secondary N) is 1. The smallest absolute Gasteiger partial charge is 0.123 e. The molecule has 0 fully saturated rings. The van der Waals surface area contributed by atoms with Crippen molar-refractivity contribution in [3.63, 3.8) is 0 Å². The second-order valence-electron chi connectivity index (χ2n) is 3.83. The summed E-state index contributed by atoms with van der Waals surface area (Å²) in [6.45, 7) is 0.656. The van der Waals surface area contributed by atoms with Crippen LogP contribution >= 0.6 is 22.9 Å². The molecule has 96 valence electrons. The summed E-state index contributed by atoms with van der Waals surface area (Å²) in [5.74, 6) is 0. The van der Waals surface area contributed by atoms with Crippen molar-refractivity contribution < 1.29 is 0 Å². The molecule has 0 atom stereocenters. The normalized spacial score (nSPS) is 10.6. The van der Waals surface area contributed by atoms with Gasteiger partial charge in [0.1, 0.15) is 22.0 Å². The Morgan fingerprint density at radius 1 is 1.26 bits per heavy atom. The van der Waals surface area contributed by atoms with E-state index in [1.54, 1.807) is 18.9 Å². The highest BCUT2D eigenvalue weighted by Crippen LogP contribution is 2.20. The molecule has 0 spiro atoms. The fourth-order valence-corrected chi connectivity index (χ4v) is 2.55. The molecule has 0 bridgehead atoms. The molecule has 2 heterocycles. The molecular weight excluding hydrogens is 282 g/mol. The number of thiazole rings is 1. The molecule has 19 heavy (non-hydrogen) atoms. The predicted octanol–water partition coefficient (Wildman–Crippen LogP) is 2.99. The second kappa shape index (κ2) is 5.38. The van der Waals surface area contributed by atoms with Crippen LogP contribution in [0.3, 0.4) is 0 Å². The van der Waals surface area contributed by atoms with Crippen LogP contribution in [0.1, 0.15) is 5.01 Å². The highest BCUT2D eigenvalue weighted by molar-refractivity contribution is 7.15. The number of benzene rings is 1. The van der Waals surface area contributed by atoms with Gasteiger partial charge in [0.25, 0.3) is 0 Å². The van der Waals surface area contributed by atoms with Crippen molar-refractivity contribution in [3.05, 3.63) is 52.5 Å². The van der Waals surface area contributed by atoms with Gasteiger partial charge in [-0.05, 0) is 18.2 Å². The van der Waals surface area contributed by atoms with E-state index in [2.05, 4.69) is 20.5 Å². The Bertz CT molecular complexity index is 664. The SMILES string of the molecule is Clc1cnc(CNc2cccc(-n3cnnc3)c2)s1. The molecule has 7 heteroatoms. The maximum Gasteiger partial charge on any atom is 0.123 e. The Morgan fingerprint density at radius 2 is 2.11 bits per heavy atom. The van der Waals surface area contributed by atoms with Crippen LogP contribution in [-0.4, -0.2) is 19.7 Å². The molecule has 0 saturated carbocycles. The van der Waals surface area contributed by atoms with Crippen molar-refractivity contribution in [2.45, 2.75) is 6.54 Å². The first-order valence-electron chi connectivity index (χ1n) is 5.60. The van der Waals surface area contributed by atoms with Crippen LogP contribution in [0.15, 0.2) is 43.1 Å². The highest BCUT2D eigenvalue weighted by atomic mass is 35.5. The number of anilines is 1. The molecule has 0 saturated heterocycles. The molecule has 0 unspecified atom stereocenters. The lowest BCUT2D eigenvalue weighted by molar-refractivity contribution is 1.05. The largest absolute Gasteiger partial charge is 0.378 e. The zero-order chi connectivity index (χ0) is 13.1. The van der Waals surface area contributed by atoms with Gasteiger partial charge in [0.2, 0.25) is 0 Å². The van der Waals surface area contributed by atoms with Crippen LogP contribution in [0.25, 0.3) is 5.69 Å². The summed E-state index contributed by atoms with van der Waals surface area (Å²) in [5.41, 5.74) is 2.02. The van der Waals surface area contributed by atoms with Crippen molar-refractivity contribution >= 4 is 28.6 Å². The number of halogens is 1. The first-order valence-corrected chi connectivity index (χ1v) is 6.80. The number of hydrogen-bond acceptors (Lipinski definition) is 5. The molecule has 0 amide bonds. The summed E-state index contributed by atoms with van der Waals surface area (Å²) >= 11 is 7.32. The van der Waals surface area contributed by atoms with E-state index in [1.807, 2.05) is 28.8 Å². The molecule has 5 nitrogen and oxygen atoms in total. The summed E-state index contributed by atoms with van der Waals surface area (Å²) < 4.78 is 2.56. The van der Waals surface area contributed by atoms with Gasteiger partial charge in [-0.2, -0.15) is 0 Å². The van der Waals surface area contributed by atoms with Crippen LogP contribution in [0.4, 0.5) is 5.69 Å². The van der Waals surface area contributed by atoms with Gasteiger partial charge < -0.3 is 5.32 Å². The first kappa shape index (κ1) is 12.1. The standard InChI is InChI=1S/C12H10ClN5S/c13-11-5-15-12(19-11)6-14-9-2-1-3-10(4-9)18-7-16-17-8-18/h1-5,7-8,14H,6H2. The Hall–Kier alpha value is -1.92. The lowest BCUT2D eigenvalue weighted by atomic mass is 10.2. The minimum Gasteiger partial charge on any atom is -0.378 e. The third-order valence-electron chi connectivity index (χ3n) is 2.53. The van der Waals surface area contributed by atoms with Crippen LogP contribution in [0.2, 0.25) is 4.34 Å². The molecule has 0 aliphatic rings. The second-order valence-corrected chi connectivity index (χ2v) is 5.58. The van der Waals surface area contributed by atoms with Crippen LogP contribution < -0.4 is 5.32 Å². The Balaban J connectivity index is 1.73. The topological polar surface area (TPSA) is 55.6 Å². The summed E-state index contributed by atoms with van der Waals surface area (Å²) in [6.07, 6.45) is 5.00. The number of hydrogen-bond donors (Lipinski definition) is 1. The third-order valence-corrected chi connectivity index (χ3v) is 3.65. The molecule has 3 aromatic rings. The van der Waals surface area contributed by atoms with Crippen LogP contribution in [-0.2, 0) is 6.54 Å². The van der Waals surface area contributed by atoms with E-state index in [4.69, 9.17) is 11.6 Å². The van der Waals surface area contributed by atoms with Gasteiger partial charge in [-0.25, -0.2) is 4.98 Å². The highest BCUT2D eigenvalue weighted by Gasteiger charge is 2.01. The molecule has 3 rings (SSSR count). The van der Waals surface area contributed by atoms with Gasteiger partial charge in [0.15, 0.2) is 0 Å². The third kappa shape index (κ3) is 2.91. The number of rotatable bonds is 4. The van der Waals surface area contributed by atoms with E-state index in [9.17, 15) is 0 Å². The monoisotopic (exact) mass is 291 g/mol. The summed E-state index contributed by atoms with van der Waals surface area (Å²) in [6, 6.07) is 8.00. The van der Waals surface area contributed by atoms with Crippen LogP contribution in [0.5, 0.6) is 0 Å². The van der Waals surface area contributed by atoms with E-state index in [-0.39, 0.29) is 0 Å². The van der Waals surface area contributed by atoms with E-state index in [0.717, 1.165) is 16.4 Å². The molecule has 1 N–H and O–H groups in total. The Labute approximate surface area is 118 Å². The fraction of sp³-hybridized carbons (Fsp3) is 0.0833. The lowest BCUT2D eigenvalue weighted by Gasteiger charge is -2.07. The van der Waals surface area contributed by atoms with E-state index in [1.165, 1.54) is 11.3 Å². The lowest BCUT2D eigenvalue weighted by Crippen LogP contribution is -1.99. The number of aromatic nitrogens is 4. The molecule has 0 radical (unpaired) electrons. The zero-order valence-electron chi connectivity index (χ0n) is 9.82.